The molecule has 0 spiro atoms. The molecule has 0 aromatic heterocycles. The van der Waals surface area contributed by atoms with Crippen LogP contribution in [0.4, 0.5) is 5.69 Å². The highest BCUT2D eigenvalue weighted by Crippen LogP contribution is 2.24. The van der Waals surface area contributed by atoms with Crippen LogP contribution in [0.25, 0.3) is 0 Å². The summed E-state index contributed by atoms with van der Waals surface area (Å²) in [5, 5.41) is 2.94. The molecule has 0 aliphatic carbocycles. The van der Waals surface area contributed by atoms with Gasteiger partial charge in [-0.05, 0) is 49.6 Å². The minimum Gasteiger partial charge on any atom is -0.367 e. The highest BCUT2D eigenvalue weighted by atomic mass is 32.2. The van der Waals surface area contributed by atoms with Gasteiger partial charge in [-0.25, -0.2) is 13.1 Å². The van der Waals surface area contributed by atoms with Crippen molar-refractivity contribution in [1.82, 2.24) is 10.0 Å². The van der Waals surface area contributed by atoms with Crippen LogP contribution in [0.5, 0.6) is 0 Å². The average Bonchev–Trinajstić information content (AvgIpc) is 3.15. The van der Waals surface area contributed by atoms with E-state index in [0.29, 0.717) is 6.54 Å². The zero-order valence-corrected chi connectivity index (χ0v) is 16.9. The predicted octanol–water partition coefficient (Wildman–Crippen LogP) is 2.45. The SMILES string of the molecule is Cc1cccc(S(=O)(=O)NCCC(=O)NC[C@H]2CCCN2c2ccccc2)c1. The van der Waals surface area contributed by atoms with E-state index in [1.807, 2.05) is 31.2 Å². The van der Waals surface area contributed by atoms with E-state index in [0.717, 1.165) is 24.9 Å². The normalized spacial score (nSPS) is 16.9. The fourth-order valence-electron chi connectivity index (χ4n) is 3.49. The second kappa shape index (κ2) is 9.21. The summed E-state index contributed by atoms with van der Waals surface area (Å²) in [5.74, 6) is -0.146. The quantitative estimate of drug-likeness (QED) is 0.712. The van der Waals surface area contributed by atoms with Crippen molar-refractivity contribution in [3.8, 4) is 0 Å². The number of rotatable bonds is 8. The maximum absolute atomic E-state index is 12.3. The Kier molecular flexibility index (Phi) is 6.70. The Labute approximate surface area is 167 Å². The molecule has 0 unspecified atom stereocenters. The summed E-state index contributed by atoms with van der Waals surface area (Å²) in [6, 6.07) is 17.2. The number of aryl methyl sites for hydroxylation is 1. The first-order valence-corrected chi connectivity index (χ1v) is 11.1. The van der Waals surface area contributed by atoms with E-state index in [4.69, 9.17) is 0 Å². The van der Waals surface area contributed by atoms with Gasteiger partial charge in [0, 0.05) is 37.8 Å². The molecule has 1 saturated heterocycles. The molecule has 1 atom stereocenters. The molecular weight excluding hydrogens is 374 g/mol. The number of carbonyl (C=O) groups is 1. The van der Waals surface area contributed by atoms with Crippen molar-refractivity contribution in [2.75, 3.05) is 24.5 Å². The van der Waals surface area contributed by atoms with Gasteiger partial charge in [-0.15, -0.1) is 0 Å². The third kappa shape index (κ3) is 5.33. The predicted molar refractivity (Wildman–Crippen MR) is 111 cm³/mol. The molecule has 1 amide bonds. The van der Waals surface area contributed by atoms with Crippen LogP contribution in [0.2, 0.25) is 0 Å². The third-order valence-electron chi connectivity index (χ3n) is 4.94. The summed E-state index contributed by atoms with van der Waals surface area (Å²) in [4.78, 5) is 14.7. The van der Waals surface area contributed by atoms with Crippen molar-refractivity contribution in [3.63, 3.8) is 0 Å². The minimum atomic E-state index is -3.59. The van der Waals surface area contributed by atoms with Crippen LogP contribution in [-0.2, 0) is 14.8 Å². The van der Waals surface area contributed by atoms with Gasteiger partial charge in [0.15, 0.2) is 0 Å². The number of benzene rings is 2. The van der Waals surface area contributed by atoms with Crippen molar-refractivity contribution in [1.29, 1.82) is 0 Å². The molecule has 2 aromatic rings. The van der Waals surface area contributed by atoms with Gasteiger partial charge < -0.3 is 10.2 Å². The zero-order chi connectivity index (χ0) is 20.0. The van der Waals surface area contributed by atoms with Crippen molar-refractivity contribution < 1.29 is 13.2 Å². The first kappa shape index (κ1) is 20.4. The van der Waals surface area contributed by atoms with Gasteiger partial charge >= 0.3 is 0 Å². The fourth-order valence-corrected chi connectivity index (χ4v) is 4.63. The van der Waals surface area contributed by atoms with E-state index >= 15 is 0 Å². The van der Waals surface area contributed by atoms with E-state index < -0.39 is 10.0 Å². The Morgan fingerprint density at radius 3 is 2.68 bits per heavy atom. The van der Waals surface area contributed by atoms with Crippen molar-refractivity contribution >= 4 is 21.6 Å². The van der Waals surface area contributed by atoms with E-state index in [1.54, 1.807) is 18.2 Å². The summed E-state index contributed by atoms with van der Waals surface area (Å²) in [7, 11) is -3.59. The van der Waals surface area contributed by atoms with Gasteiger partial charge in [0.1, 0.15) is 0 Å². The number of nitrogens with zero attached hydrogens (tertiary/aromatic N) is 1. The molecule has 1 aliphatic rings. The lowest BCUT2D eigenvalue weighted by Crippen LogP contribution is -2.41. The largest absolute Gasteiger partial charge is 0.367 e. The molecule has 0 bridgehead atoms. The molecule has 150 valence electrons. The molecule has 2 aromatic carbocycles. The van der Waals surface area contributed by atoms with Crippen molar-refractivity contribution in [2.24, 2.45) is 0 Å². The van der Waals surface area contributed by atoms with E-state index in [2.05, 4.69) is 27.1 Å². The zero-order valence-electron chi connectivity index (χ0n) is 16.1. The van der Waals surface area contributed by atoms with Crippen LogP contribution in [0.15, 0.2) is 59.5 Å². The Morgan fingerprint density at radius 1 is 1.14 bits per heavy atom. The molecule has 0 saturated carbocycles. The lowest BCUT2D eigenvalue weighted by atomic mass is 10.2. The molecule has 2 N–H and O–H groups in total. The van der Waals surface area contributed by atoms with Crippen LogP contribution in [0, 0.1) is 6.92 Å². The van der Waals surface area contributed by atoms with E-state index in [-0.39, 0.29) is 29.8 Å². The number of carbonyl (C=O) groups excluding carboxylic acids is 1. The number of hydrogen-bond acceptors (Lipinski definition) is 4. The van der Waals surface area contributed by atoms with Crippen molar-refractivity contribution in [3.05, 3.63) is 60.2 Å². The fraction of sp³-hybridized carbons (Fsp3) is 0.381. The van der Waals surface area contributed by atoms with Gasteiger partial charge in [-0.3, -0.25) is 4.79 Å². The molecule has 3 rings (SSSR count). The van der Waals surface area contributed by atoms with Crippen LogP contribution < -0.4 is 14.9 Å². The van der Waals surface area contributed by atoms with Gasteiger partial charge in [0.2, 0.25) is 15.9 Å². The molecule has 1 heterocycles. The van der Waals surface area contributed by atoms with Gasteiger partial charge in [-0.2, -0.15) is 0 Å². The highest BCUT2D eigenvalue weighted by molar-refractivity contribution is 7.89. The smallest absolute Gasteiger partial charge is 0.240 e. The second-order valence-electron chi connectivity index (χ2n) is 7.09. The van der Waals surface area contributed by atoms with Crippen LogP contribution in [0.3, 0.4) is 0 Å². The summed E-state index contributed by atoms with van der Waals surface area (Å²) < 4.78 is 27.1. The first-order valence-electron chi connectivity index (χ1n) is 9.60. The lowest BCUT2D eigenvalue weighted by molar-refractivity contribution is -0.120. The van der Waals surface area contributed by atoms with Crippen molar-refractivity contribution in [2.45, 2.75) is 37.1 Å². The van der Waals surface area contributed by atoms with Gasteiger partial charge in [-0.1, -0.05) is 30.3 Å². The Balaban J connectivity index is 1.45. The maximum Gasteiger partial charge on any atom is 0.240 e. The standard InChI is InChI=1S/C21H27N3O3S/c1-17-7-5-11-20(15-17)28(26,27)23-13-12-21(25)22-16-19-10-6-14-24(19)18-8-3-2-4-9-18/h2-5,7-9,11,15,19,23H,6,10,12-14,16H2,1H3,(H,22,25)/t19-/m1/s1. The lowest BCUT2D eigenvalue weighted by Gasteiger charge is -2.27. The maximum atomic E-state index is 12.3. The average molecular weight is 402 g/mol. The van der Waals surface area contributed by atoms with Gasteiger partial charge in [0.05, 0.1) is 4.90 Å². The molecule has 7 heteroatoms. The van der Waals surface area contributed by atoms with Crippen LogP contribution in [0.1, 0.15) is 24.8 Å². The summed E-state index contributed by atoms with van der Waals surface area (Å²) in [5.41, 5.74) is 2.05. The molecule has 1 aliphatic heterocycles. The Hall–Kier alpha value is -2.38. The first-order chi connectivity index (χ1) is 13.5. The molecular formula is C21H27N3O3S. The van der Waals surface area contributed by atoms with Crippen LogP contribution >= 0.6 is 0 Å². The summed E-state index contributed by atoms with van der Waals surface area (Å²) >= 11 is 0. The highest BCUT2D eigenvalue weighted by Gasteiger charge is 2.25. The molecule has 28 heavy (non-hydrogen) atoms. The van der Waals surface area contributed by atoms with Crippen LogP contribution in [-0.4, -0.2) is 40.0 Å². The minimum absolute atomic E-state index is 0.0785. The molecule has 1 fully saturated rings. The third-order valence-corrected chi connectivity index (χ3v) is 6.40. The molecule has 6 nitrogen and oxygen atoms in total. The summed E-state index contributed by atoms with van der Waals surface area (Å²) in [6.45, 7) is 3.47. The Morgan fingerprint density at radius 2 is 1.93 bits per heavy atom. The number of para-hydroxylation sites is 1. The van der Waals surface area contributed by atoms with Gasteiger partial charge in [0.25, 0.3) is 0 Å². The topological polar surface area (TPSA) is 78.5 Å². The number of amides is 1. The molecule has 0 radical (unpaired) electrons. The second-order valence-corrected chi connectivity index (χ2v) is 8.86. The summed E-state index contributed by atoms with van der Waals surface area (Å²) in [6.07, 6.45) is 2.25. The van der Waals surface area contributed by atoms with E-state index in [1.165, 1.54) is 5.69 Å². The number of hydrogen-bond donors (Lipinski definition) is 2. The monoisotopic (exact) mass is 401 g/mol. The number of anilines is 1. The van der Waals surface area contributed by atoms with E-state index in [9.17, 15) is 13.2 Å². The Bertz CT molecular complexity index is 900. The number of sulfonamides is 1. The number of nitrogens with one attached hydrogen (secondary N) is 2.